The van der Waals surface area contributed by atoms with Crippen LogP contribution in [0.2, 0.25) is 0 Å². The second-order valence-corrected chi connectivity index (χ2v) is 9.28. The lowest BCUT2D eigenvalue weighted by molar-refractivity contribution is -0.137. The second-order valence-electron chi connectivity index (χ2n) is 8.19. The molecule has 0 unspecified atom stereocenters. The van der Waals surface area contributed by atoms with Gasteiger partial charge in [-0.25, -0.2) is 4.99 Å². The molecule has 0 fully saturated rings. The molecule has 0 spiro atoms. The normalized spacial score (nSPS) is 13.8. The molecular formula is C26H21F3N2O3S. The van der Waals surface area contributed by atoms with E-state index in [0.29, 0.717) is 33.4 Å². The minimum atomic E-state index is -4.43. The van der Waals surface area contributed by atoms with Gasteiger partial charge in [-0.3, -0.25) is 4.79 Å². The first-order valence-electron chi connectivity index (χ1n) is 11.1. The average molecular weight is 499 g/mol. The number of thiophene rings is 1. The van der Waals surface area contributed by atoms with E-state index in [1.54, 1.807) is 36.6 Å². The lowest BCUT2D eigenvalue weighted by atomic mass is 9.95. The first kappa shape index (κ1) is 23.2. The third-order valence-electron chi connectivity index (χ3n) is 5.79. The molecular weight excluding hydrogens is 477 g/mol. The van der Waals surface area contributed by atoms with E-state index < -0.39 is 11.7 Å². The Balaban J connectivity index is 1.39. The summed E-state index contributed by atoms with van der Waals surface area (Å²) in [5, 5.41) is 3.49. The first-order chi connectivity index (χ1) is 16.9. The topological polar surface area (TPSA) is 67.7 Å². The van der Waals surface area contributed by atoms with Crippen molar-refractivity contribution in [3.05, 3.63) is 87.9 Å². The van der Waals surface area contributed by atoms with Crippen molar-refractivity contribution in [2.24, 2.45) is 4.99 Å². The van der Waals surface area contributed by atoms with Crippen LogP contribution in [0, 0.1) is 0 Å². The Labute approximate surface area is 203 Å². The Morgan fingerprint density at radius 2 is 1.97 bits per heavy atom. The fourth-order valence-corrected chi connectivity index (χ4v) is 5.32. The predicted molar refractivity (Wildman–Crippen MR) is 127 cm³/mol. The van der Waals surface area contributed by atoms with E-state index in [2.05, 4.69) is 10.3 Å². The van der Waals surface area contributed by atoms with Crippen LogP contribution in [0.4, 0.5) is 18.2 Å². The van der Waals surface area contributed by atoms with E-state index in [4.69, 9.17) is 8.83 Å². The van der Waals surface area contributed by atoms with Gasteiger partial charge in [0, 0.05) is 10.4 Å². The van der Waals surface area contributed by atoms with Crippen molar-refractivity contribution in [3.8, 4) is 11.3 Å². The molecule has 3 heterocycles. The number of aryl methyl sites for hydroxylation is 1. The molecule has 1 aliphatic carbocycles. The number of amides is 1. The average Bonchev–Trinajstić information content (AvgIpc) is 3.60. The molecule has 180 valence electrons. The van der Waals surface area contributed by atoms with E-state index in [1.165, 1.54) is 23.6 Å². The number of carbonyl (C=O) groups is 1. The van der Waals surface area contributed by atoms with Gasteiger partial charge in [-0.2, -0.15) is 13.2 Å². The fourth-order valence-electron chi connectivity index (χ4n) is 4.09. The van der Waals surface area contributed by atoms with Gasteiger partial charge in [-0.1, -0.05) is 12.1 Å². The minimum Gasteiger partial charge on any atom is -0.467 e. The Bertz CT molecular complexity index is 1370. The van der Waals surface area contributed by atoms with Gasteiger partial charge >= 0.3 is 6.18 Å². The number of hydrogen-bond donors (Lipinski definition) is 1. The van der Waals surface area contributed by atoms with Crippen LogP contribution in [0.5, 0.6) is 0 Å². The first-order valence-corrected chi connectivity index (χ1v) is 12.0. The van der Waals surface area contributed by atoms with Crippen molar-refractivity contribution in [3.63, 3.8) is 0 Å². The van der Waals surface area contributed by atoms with E-state index >= 15 is 0 Å². The van der Waals surface area contributed by atoms with E-state index in [-0.39, 0.29) is 12.5 Å². The lowest BCUT2D eigenvalue weighted by Crippen LogP contribution is -2.23. The number of nitrogens with one attached hydrogen (secondary N) is 1. The summed E-state index contributed by atoms with van der Waals surface area (Å²) < 4.78 is 50.2. The summed E-state index contributed by atoms with van der Waals surface area (Å²) in [4.78, 5) is 18.8. The smallest absolute Gasteiger partial charge is 0.416 e. The third-order valence-corrected chi connectivity index (χ3v) is 6.99. The highest BCUT2D eigenvalue weighted by Gasteiger charge is 2.30. The molecule has 0 aliphatic heterocycles. The Hall–Kier alpha value is -3.59. The van der Waals surface area contributed by atoms with Gasteiger partial charge in [-0.05, 0) is 67.6 Å². The zero-order valence-electron chi connectivity index (χ0n) is 18.5. The highest BCUT2D eigenvalue weighted by Crippen LogP contribution is 2.40. The number of nitrogens with zero attached hydrogens (tertiary/aromatic N) is 1. The number of fused-ring (bicyclic) bond motifs is 1. The molecule has 5 rings (SSSR count). The Morgan fingerprint density at radius 1 is 1.11 bits per heavy atom. The summed E-state index contributed by atoms with van der Waals surface area (Å²) in [6, 6.07) is 11.8. The maximum Gasteiger partial charge on any atom is 0.416 e. The van der Waals surface area contributed by atoms with Gasteiger partial charge in [0.25, 0.3) is 5.91 Å². The summed E-state index contributed by atoms with van der Waals surface area (Å²) in [6.45, 7) is 0.276. The molecule has 9 heteroatoms. The molecule has 0 saturated carbocycles. The standard InChI is InChI=1S/C26H21F3N2O3S/c27-26(28,29)17-6-3-5-16(13-17)21-11-10-19(34-21)15-31-25-23(20-8-1-2-9-22(20)35-25)24(32)30-14-18-7-4-12-33-18/h3-7,10-13,15H,1-2,8-9,14H2,(H,30,32)/b31-15-. The molecule has 35 heavy (non-hydrogen) atoms. The number of hydrogen-bond acceptors (Lipinski definition) is 5. The maximum atomic E-state index is 13.1. The van der Waals surface area contributed by atoms with Crippen LogP contribution in [-0.4, -0.2) is 12.1 Å². The van der Waals surface area contributed by atoms with E-state index in [0.717, 1.165) is 48.3 Å². The largest absolute Gasteiger partial charge is 0.467 e. The molecule has 4 aromatic rings. The highest BCUT2D eigenvalue weighted by molar-refractivity contribution is 7.16. The number of furan rings is 2. The van der Waals surface area contributed by atoms with Crippen molar-refractivity contribution in [1.29, 1.82) is 0 Å². The highest BCUT2D eigenvalue weighted by atomic mass is 32.1. The van der Waals surface area contributed by atoms with Crippen LogP contribution >= 0.6 is 11.3 Å². The maximum absolute atomic E-state index is 13.1. The van der Waals surface area contributed by atoms with Crippen LogP contribution in [0.25, 0.3) is 11.3 Å². The van der Waals surface area contributed by atoms with Gasteiger partial charge in [-0.15, -0.1) is 11.3 Å². The van der Waals surface area contributed by atoms with Crippen LogP contribution in [0.15, 0.2) is 68.6 Å². The predicted octanol–water partition coefficient (Wildman–Crippen LogP) is 7.18. The minimum absolute atomic E-state index is 0.211. The van der Waals surface area contributed by atoms with Gasteiger partial charge in [0.1, 0.15) is 22.3 Å². The molecule has 0 atom stereocenters. The SMILES string of the molecule is O=C(NCc1ccco1)c1c(/N=C\c2ccc(-c3cccc(C(F)(F)F)c3)o2)sc2c1CCCC2. The summed E-state index contributed by atoms with van der Waals surface area (Å²) in [5.74, 6) is 1.13. The number of alkyl halides is 3. The molecule has 1 amide bonds. The second kappa shape index (κ2) is 9.58. The van der Waals surface area contributed by atoms with Gasteiger partial charge in [0.05, 0.1) is 30.1 Å². The summed E-state index contributed by atoms with van der Waals surface area (Å²) in [5.41, 5.74) is 1.19. The molecule has 3 aromatic heterocycles. The van der Waals surface area contributed by atoms with Crippen molar-refractivity contribution in [1.82, 2.24) is 5.32 Å². The van der Waals surface area contributed by atoms with Crippen LogP contribution < -0.4 is 5.32 Å². The third kappa shape index (κ3) is 5.09. The molecule has 1 N–H and O–H groups in total. The van der Waals surface area contributed by atoms with Gasteiger partial charge in [0.2, 0.25) is 0 Å². The molecule has 1 aliphatic rings. The van der Waals surface area contributed by atoms with Crippen molar-refractivity contribution in [2.45, 2.75) is 38.4 Å². The van der Waals surface area contributed by atoms with Gasteiger partial charge < -0.3 is 14.2 Å². The quantitative estimate of drug-likeness (QED) is 0.286. The zero-order chi connectivity index (χ0) is 24.4. The van der Waals surface area contributed by atoms with E-state index in [1.807, 2.05) is 0 Å². The summed E-state index contributed by atoms with van der Waals surface area (Å²) in [7, 11) is 0. The van der Waals surface area contributed by atoms with Crippen molar-refractivity contribution < 1.29 is 26.8 Å². The molecule has 0 bridgehead atoms. The van der Waals surface area contributed by atoms with Crippen LogP contribution in [0.3, 0.4) is 0 Å². The Morgan fingerprint density at radius 3 is 2.77 bits per heavy atom. The molecule has 1 aromatic carbocycles. The lowest BCUT2D eigenvalue weighted by Gasteiger charge is -2.12. The zero-order valence-corrected chi connectivity index (χ0v) is 19.3. The van der Waals surface area contributed by atoms with Crippen LogP contribution in [0.1, 0.15) is 50.7 Å². The summed E-state index contributed by atoms with van der Waals surface area (Å²) in [6.07, 6.45) is 2.45. The van der Waals surface area contributed by atoms with Gasteiger partial charge in [0.15, 0.2) is 0 Å². The number of carbonyl (C=O) groups excluding carboxylic acids is 1. The van der Waals surface area contributed by atoms with Crippen molar-refractivity contribution in [2.75, 3.05) is 0 Å². The molecule has 0 saturated heterocycles. The molecule has 5 nitrogen and oxygen atoms in total. The number of aliphatic imine (C=N–C) groups is 1. The number of halogens is 3. The monoisotopic (exact) mass is 498 g/mol. The van der Waals surface area contributed by atoms with E-state index in [9.17, 15) is 18.0 Å². The number of benzene rings is 1. The Kier molecular flexibility index (Phi) is 6.34. The van der Waals surface area contributed by atoms with Crippen LogP contribution in [-0.2, 0) is 25.6 Å². The number of rotatable bonds is 6. The fraction of sp³-hybridized carbons (Fsp3) is 0.231. The summed E-state index contributed by atoms with van der Waals surface area (Å²) >= 11 is 1.49. The molecule has 0 radical (unpaired) electrons. The van der Waals surface area contributed by atoms with Crippen molar-refractivity contribution >= 4 is 28.5 Å².